The van der Waals surface area contributed by atoms with Crippen LogP contribution in [0, 0.1) is 0 Å². The van der Waals surface area contributed by atoms with Gasteiger partial charge < -0.3 is 25.0 Å². The maximum Gasteiger partial charge on any atom is 0.253 e. The van der Waals surface area contributed by atoms with Crippen LogP contribution in [0.1, 0.15) is 28.4 Å². The van der Waals surface area contributed by atoms with Crippen molar-refractivity contribution in [2.75, 3.05) is 34.9 Å². The van der Waals surface area contributed by atoms with E-state index in [0.717, 1.165) is 29.2 Å². The lowest BCUT2D eigenvalue weighted by Crippen LogP contribution is -2.36. The second-order valence-corrected chi connectivity index (χ2v) is 6.62. The van der Waals surface area contributed by atoms with Gasteiger partial charge in [-0.15, -0.1) is 24.0 Å². The van der Waals surface area contributed by atoms with Crippen molar-refractivity contribution >= 4 is 35.8 Å². The maximum absolute atomic E-state index is 12.0. The number of benzene rings is 2. The normalized spacial score (nSPS) is 10.6. The van der Waals surface area contributed by atoms with Crippen LogP contribution in [0.25, 0.3) is 0 Å². The summed E-state index contributed by atoms with van der Waals surface area (Å²) in [7, 11) is 6.76. The minimum absolute atomic E-state index is 0. The monoisotopic (exact) mass is 526 g/mol. The average molecular weight is 526 g/mol. The van der Waals surface area contributed by atoms with E-state index in [4.69, 9.17) is 9.47 Å². The van der Waals surface area contributed by atoms with Crippen LogP contribution in [0.4, 0.5) is 0 Å². The Labute approximate surface area is 195 Å². The van der Waals surface area contributed by atoms with Gasteiger partial charge >= 0.3 is 0 Å². The van der Waals surface area contributed by atoms with E-state index in [9.17, 15) is 4.79 Å². The number of amides is 1. The quantitative estimate of drug-likeness (QED) is 0.314. The van der Waals surface area contributed by atoms with Crippen molar-refractivity contribution < 1.29 is 14.3 Å². The third kappa shape index (κ3) is 7.40. The zero-order chi connectivity index (χ0) is 21.2. The lowest BCUT2D eigenvalue weighted by molar-refractivity contribution is 0.0827. The van der Waals surface area contributed by atoms with Gasteiger partial charge in [0.05, 0.1) is 20.8 Å². The van der Waals surface area contributed by atoms with Gasteiger partial charge in [0.1, 0.15) is 11.5 Å². The number of nitrogens with one attached hydrogen (secondary N) is 2. The highest BCUT2D eigenvalue weighted by molar-refractivity contribution is 14.0. The predicted molar refractivity (Wildman–Crippen MR) is 131 cm³/mol. The van der Waals surface area contributed by atoms with Crippen molar-refractivity contribution in [3.05, 3.63) is 59.2 Å². The summed E-state index contributed by atoms with van der Waals surface area (Å²) in [6.07, 6.45) is 0. The average Bonchev–Trinajstić information content (AvgIpc) is 2.75. The first kappa shape index (κ1) is 25.5. The molecule has 0 atom stereocenters. The summed E-state index contributed by atoms with van der Waals surface area (Å²) in [6, 6.07) is 13.2. The summed E-state index contributed by atoms with van der Waals surface area (Å²) >= 11 is 0. The highest BCUT2D eigenvalue weighted by Gasteiger charge is 2.08. The molecule has 0 aliphatic rings. The van der Waals surface area contributed by atoms with Gasteiger partial charge in [0.2, 0.25) is 0 Å². The van der Waals surface area contributed by atoms with E-state index in [0.29, 0.717) is 24.6 Å². The third-order valence-electron chi connectivity index (χ3n) is 4.31. The summed E-state index contributed by atoms with van der Waals surface area (Å²) in [5.74, 6) is 2.21. The van der Waals surface area contributed by atoms with Gasteiger partial charge in [-0.3, -0.25) is 4.79 Å². The summed E-state index contributed by atoms with van der Waals surface area (Å²) in [6.45, 7) is 3.84. The molecule has 0 heterocycles. The Kier molecular flexibility index (Phi) is 11.0. The highest BCUT2D eigenvalue weighted by atomic mass is 127. The molecule has 2 N–H and O–H groups in total. The third-order valence-corrected chi connectivity index (χ3v) is 4.31. The first-order chi connectivity index (χ1) is 14.0. The zero-order valence-electron chi connectivity index (χ0n) is 18.2. The van der Waals surface area contributed by atoms with E-state index in [2.05, 4.69) is 15.6 Å². The van der Waals surface area contributed by atoms with E-state index in [1.54, 1.807) is 33.2 Å². The summed E-state index contributed by atoms with van der Waals surface area (Å²) in [5.41, 5.74) is 2.70. The molecular formula is C22H31IN4O3. The lowest BCUT2D eigenvalue weighted by Gasteiger charge is -2.14. The summed E-state index contributed by atoms with van der Waals surface area (Å²) in [5, 5.41) is 6.56. The van der Waals surface area contributed by atoms with Gasteiger partial charge in [0.15, 0.2) is 5.96 Å². The number of carbonyl (C=O) groups is 1. The van der Waals surface area contributed by atoms with Crippen molar-refractivity contribution in [2.24, 2.45) is 4.99 Å². The van der Waals surface area contributed by atoms with Crippen LogP contribution in [0.5, 0.6) is 11.5 Å². The lowest BCUT2D eigenvalue weighted by atomic mass is 10.1. The first-order valence-electron chi connectivity index (χ1n) is 9.52. The fourth-order valence-electron chi connectivity index (χ4n) is 2.70. The van der Waals surface area contributed by atoms with E-state index < -0.39 is 0 Å². The summed E-state index contributed by atoms with van der Waals surface area (Å²) in [4.78, 5) is 18.2. The molecule has 0 saturated heterocycles. The molecule has 0 aliphatic carbocycles. The molecule has 8 heteroatoms. The number of ether oxygens (including phenoxy) is 2. The van der Waals surface area contributed by atoms with E-state index >= 15 is 0 Å². The fourth-order valence-corrected chi connectivity index (χ4v) is 2.70. The molecule has 0 saturated carbocycles. The standard InChI is InChI=1S/C22H30N4O3.HI/c1-6-23-22(25-15-18-11-12-19(28-4)13-20(18)29-5)24-14-16-7-9-17(10-8-16)21(27)26(2)3;/h7-13H,6,14-15H2,1-5H3,(H2,23,24,25);1H. The SMILES string of the molecule is CCNC(=NCc1ccc(C(=O)N(C)C)cc1)NCc1ccc(OC)cc1OC.I. The minimum atomic E-state index is -0.0107. The topological polar surface area (TPSA) is 75.2 Å². The molecule has 2 aromatic rings. The molecule has 0 aliphatic heterocycles. The van der Waals surface area contributed by atoms with Crippen molar-refractivity contribution in [3.63, 3.8) is 0 Å². The van der Waals surface area contributed by atoms with Gasteiger partial charge in [-0.1, -0.05) is 12.1 Å². The van der Waals surface area contributed by atoms with Crippen molar-refractivity contribution in [1.29, 1.82) is 0 Å². The molecular weight excluding hydrogens is 495 g/mol. The van der Waals surface area contributed by atoms with Crippen LogP contribution in [0.2, 0.25) is 0 Å². The van der Waals surface area contributed by atoms with Crippen LogP contribution in [0.3, 0.4) is 0 Å². The number of carbonyl (C=O) groups excluding carboxylic acids is 1. The van der Waals surface area contributed by atoms with E-state index in [1.807, 2.05) is 49.4 Å². The summed E-state index contributed by atoms with van der Waals surface area (Å²) < 4.78 is 10.7. The fraction of sp³-hybridized carbons (Fsp3) is 0.364. The Balaban J connectivity index is 0.00000450. The molecule has 7 nitrogen and oxygen atoms in total. The van der Waals surface area contributed by atoms with E-state index in [-0.39, 0.29) is 29.9 Å². The number of aliphatic imine (C=N–C) groups is 1. The van der Waals surface area contributed by atoms with Gasteiger partial charge in [-0.05, 0) is 36.8 Å². The number of rotatable bonds is 8. The largest absolute Gasteiger partial charge is 0.497 e. The number of hydrogen-bond acceptors (Lipinski definition) is 4. The maximum atomic E-state index is 12.0. The van der Waals surface area contributed by atoms with Crippen molar-refractivity contribution in [1.82, 2.24) is 15.5 Å². The van der Waals surface area contributed by atoms with Gasteiger partial charge in [0.25, 0.3) is 5.91 Å². The molecule has 1 amide bonds. The Morgan fingerprint density at radius 3 is 2.30 bits per heavy atom. The number of halogens is 1. The van der Waals surface area contributed by atoms with Crippen LogP contribution in [0.15, 0.2) is 47.5 Å². The first-order valence-corrected chi connectivity index (χ1v) is 9.52. The Morgan fingerprint density at radius 1 is 1.03 bits per heavy atom. The van der Waals surface area contributed by atoms with Crippen LogP contribution in [-0.2, 0) is 13.1 Å². The molecule has 164 valence electrons. The van der Waals surface area contributed by atoms with Crippen molar-refractivity contribution in [3.8, 4) is 11.5 Å². The van der Waals surface area contributed by atoms with Crippen molar-refractivity contribution in [2.45, 2.75) is 20.0 Å². The Bertz CT molecular complexity index is 839. The van der Waals surface area contributed by atoms with Crippen LogP contribution in [-0.4, -0.2) is 51.6 Å². The molecule has 2 aromatic carbocycles. The molecule has 0 aromatic heterocycles. The Hall–Kier alpha value is -2.49. The van der Waals surface area contributed by atoms with Gasteiger partial charge in [0, 0.05) is 44.4 Å². The highest BCUT2D eigenvalue weighted by Crippen LogP contribution is 2.24. The van der Waals surface area contributed by atoms with Crippen LogP contribution < -0.4 is 20.1 Å². The smallest absolute Gasteiger partial charge is 0.253 e. The second-order valence-electron chi connectivity index (χ2n) is 6.62. The minimum Gasteiger partial charge on any atom is -0.497 e. The number of methoxy groups -OCH3 is 2. The number of nitrogens with zero attached hydrogens (tertiary/aromatic N) is 2. The Morgan fingerprint density at radius 2 is 1.73 bits per heavy atom. The molecule has 0 spiro atoms. The predicted octanol–water partition coefficient (Wildman–Crippen LogP) is 3.28. The zero-order valence-corrected chi connectivity index (χ0v) is 20.5. The molecule has 30 heavy (non-hydrogen) atoms. The molecule has 0 unspecified atom stereocenters. The molecule has 2 rings (SSSR count). The number of guanidine groups is 1. The number of hydrogen-bond donors (Lipinski definition) is 2. The molecule has 0 radical (unpaired) electrons. The van der Waals surface area contributed by atoms with Gasteiger partial charge in [-0.2, -0.15) is 0 Å². The van der Waals surface area contributed by atoms with Crippen LogP contribution >= 0.6 is 24.0 Å². The van der Waals surface area contributed by atoms with Gasteiger partial charge in [-0.25, -0.2) is 4.99 Å². The molecule has 0 bridgehead atoms. The molecule has 0 fully saturated rings. The second kappa shape index (κ2) is 12.9. The van der Waals surface area contributed by atoms with E-state index in [1.165, 1.54) is 0 Å².